The lowest BCUT2D eigenvalue weighted by Gasteiger charge is -2.20. The summed E-state index contributed by atoms with van der Waals surface area (Å²) in [5, 5.41) is 0. The maximum absolute atomic E-state index is 12.5. The highest BCUT2D eigenvalue weighted by atomic mass is 16.6. The van der Waals surface area contributed by atoms with Gasteiger partial charge in [0.25, 0.3) is 0 Å². The zero-order valence-electron chi connectivity index (χ0n) is 18.7. The van der Waals surface area contributed by atoms with Crippen molar-refractivity contribution in [3.63, 3.8) is 0 Å². The molecule has 0 fully saturated rings. The Morgan fingerprint density at radius 1 is 0.929 bits per heavy atom. The minimum absolute atomic E-state index is 0.0659. The molecule has 0 aliphatic rings. The number of aryl methyl sites for hydroxylation is 1. The van der Waals surface area contributed by atoms with Crippen molar-refractivity contribution >= 4 is 5.97 Å². The summed E-state index contributed by atoms with van der Waals surface area (Å²) in [6.07, 6.45) is 13.8. The first-order valence-electron chi connectivity index (χ1n) is 11.5. The molecule has 0 aliphatic carbocycles. The van der Waals surface area contributed by atoms with Gasteiger partial charge in [0.15, 0.2) is 6.10 Å². The van der Waals surface area contributed by atoms with Gasteiger partial charge in [-0.3, -0.25) is 0 Å². The zero-order valence-corrected chi connectivity index (χ0v) is 18.7. The summed E-state index contributed by atoms with van der Waals surface area (Å²) in [5.41, 5.74) is 1.13. The van der Waals surface area contributed by atoms with Gasteiger partial charge in [0, 0.05) is 0 Å². The van der Waals surface area contributed by atoms with Gasteiger partial charge in [0.2, 0.25) is 0 Å². The van der Waals surface area contributed by atoms with Crippen LogP contribution < -0.4 is 4.74 Å². The van der Waals surface area contributed by atoms with Gasteiger partial charge in [-0.05, 0) is 50.8 Å². The summed E-state index contributed by atoms with van der Waals surface area (Å²) in [6, 6.07) is 7.88. The number of unbranched alkanes of at least 4 members (excludes halogenated alkanes) is 9. The largest absolute Gasteiger partial charge is 0.479 e. The van der Waals surface area contributed by atoms with Crippen LogP contribution in [0.3, 0.4) is 0 Å². The van der Waals surface area contributed by atoms with E-state index in [9.17, 15) is 4.79 Å². The second-order valence-electron chi connectivity index (χ2n) is 8.05. The predicted octanol–water partition coefficient (Wildman–Crippen LogP) is 7.40. The van der Waals surface area contributed by atoms with E-state index in [1.54, 1.807) is 0 Å². The molecule has 0 amide bonds. The van der Waals surface area contributed by atoms with E-state index in [2.05, 4.69) is 6.92 Å². The average Bonchev–Trinajstić information content (AvgIpc) is 2.68. The molecular formula is C25H42O3. The first-order valence-corrected chi connectivity index (χ1v) is 11.5. The molecule has 0 bridgehead atoms. The number of carbonyl (C=O) groups excluding carboxylic acids is 1. The molecule has 0 N–H and O–H groups in total. The van der Waals surface area contributed by atoms with E-state index in [1.165, 1.54) is 51.4 Å². The van der Waals surface area contributed by atoms with Crippen molar-refractivity contribution in [2.24, 2.45) is 0 Å². The fourth-order valence-corrected chi connectivity index (χ4v) is 3.25. The molecule has 2 atom stereocenters. The van der Waals surface area contributed by atoms with E-state index < -0.39 is 6.10 Å². The Bertz CT molecular complexity index is 526. The maximum Gasteiger partial charge on any atom is 0.347 e. The van der Waals surface area contributed by atoms with Crippen LogP contribution in [0.2, 0.25) is 0 Å². The van der Waals surface area contributed by atoms with E-state index in [0.29, 0.717) is 0 Å². The topological polar surface area (TPSA) is 35.5 Å². The smallest absolute Gasteiger partial charge is 0.347 e. The summed E-state index contributed by atoms with van der Waals surface area (Å²) >= 11 is 0. The van der Waals surface area contributed by atoms with E-state index in [0.717, 1.165) is 37.0 Å². The van der Waals surface area contributed by atoms with Crippen molar-refractivity contribution in [2.45, 2.75) is 117 Å². The van der Waals surface area contributed by atoms with Gasteiger partial charge in [0.05, 0.1) is 6.10 Å². The molecule has 0 radical (unpaired) electrons. The monoisotopic (exact) mass is 390 g/mol. The number of ether oxygens (including phenoxy) is 2. The van der Waals surface area contributed by atoms with Crippen molar-refractivity contribution in [3.8, 4) is 5.75 Å². The van der Waals surface area contributed by atoms with Crippen LogP contribution in [0.25, 0.3) is 0 Å². The highest BCUT2D eigenvalue weighted by molar-refractivity contribution is 5.75. The van der Waals surface area contributed by atoms with Gasteiger partial charge in [-0.15, -0.1) is 0 Å². The molecule has 28 heavy (non-hydrogen) atoms. The summed E-state index contributed by atoms with van der Waals surface area (Å²) in [6.45, 7) is 8.25. The minimum atomic E-state index is -0.509. The van der Waals surface area contributed by atoms with Crippen LogP contribution in [0, 0.1) is 6.92 Å². The highest BCUT2D eigenvalue weighted by Crippen LogP contribution is 2.19. The van der Waals surface area contributed by atoms with E-state index in [-0.39, 0.29) is 12.1 Å². The third-order valence-corrected chi connectivity index (χ3v) is 5.24. The van der Waals surface area contributed by atoms with Crippen molar-refractivity contribution in [1.82, 2.24) is 0 Å². The highest BCUT2D eigenvalue weighted by Gasteiger charge is 2.23. The number of hydrogen-bond acceptors (Lipinski definition) is 3. The van der Waals surface area contributed by atoms with Gasteiger partial charge < -0.3 is 9.47 Å². The molecule has 2 unspecified atom stereocenters. The molecule has 0 spiro atoms. The van der Waals surface area contributed by atoms with Crippen molar-refractivity contribution in [2.75, 3.05) is 0 Å². The Balaban J connectivity index is 2.36. The first-order chi connectivity index (χ1) is 13.6. The van der Waals surface area contributed by atoms with Crippen LogP contribution in [0.5, 0.6) is 5.75 Å². The van der Waals surface area contributed by atoms with Gasteiger partial charge >= 0.3 is 5.97 Å². The molecule has 0 aromatic heterocycles. The lowest BCUT2D eigenvalue weighted by Crippen LogP contribution is -2.31. The zero-order chi connectivity index (χ0) is 20.6. The molecule has 1 aromatic carbocycles. The number of carbonyl (C=O) groups is 1. The SMILES string of the molecule is CCCCCCCCCCCCC(Oc1cccc(C)c1)C(=O)OC(C)CC. The third-order valence-electron chi connectivity index (χ3n) is 5.24. The second kappa shape index (κ2) is 15.4. The summed E-state index contributed by atoms with van der Waals surface area (Å²) in [4.78, 5) is 12.5. The lowest BCUT2D eigenvalue weighted by molar-refractivity contribution is -0.157. The summed E-state index contributed by atoms with van der Waals surface area (Å²) in [5.74, 6) is 0.518. The number of esters is 1. The van der Waals surface area contributed by atoms with Crippen molar-refractivity contribution < 1.29 is 14.3 Å². The van der Waals surface area contributed by atoms with E-state index >= 15 is 0 Å². The second-order valence-corrected chi connectivity index (χ2v) is 8.05. The van der Waals surface area contributed by atoms with Crippen LogP contribution in [0.15, 0.2) is 24.3 Å². The van der Waals surface area contributed by atoms with Crippen LogP contribution in [-0.2, 0) is 9.53 Å². The van der Waals surface area contributed by atoms with Crippen LogP contribution in [0.4, 0.5) is 0 Å². The van der Waals surface area contributed by atoms with E-state index in [4.69, 9.17) is 9.47 Å². The minimum Gasteiger partial charge on any atom is -0.479 e. The molecule has 0 saturated heterocycles. The predicted molar refractivity (Wildman–Crippen MR) is 118 cm³/mol. The lowest BCUT2D eigenvalue weighted by atomic mass is 10.0. The molecular weight excluding hydrogens is 348 g/mol. The molecule has 0 heterocycles. The number of rotatable bonds is 16. The Hall–Kier alpha value is -1.51. The molecule has 3 nitrogen and oxygen atoms in total. The maximum atomic E-state index is 12.5. The van der Waals surface area contributed by atoms with Gasteiger partial charge in [-0.25, -0.2) is 4.79 Å². The summed E-state index contributed by atoms with van der Waals surface area (Å²) < 4.78 is 11.6. The van der Waals surface area contributed by atoms with E-state index in [1.807, 2.05) is 45.0 Å². The molecule has 1 aromatic rings. The van der Waals surface area contributed by atoms with Crippen LogP contribution in [-0.4, -0.2) is 18.2 Å². The van der Waals surface area contributed by atoms with Crippen LogP contribution >= 0.6 is 0 Å². The quantitative estimate of drug-likeness (QED) is 0.218. The fraction of sp³-hybridized carbons (Fsp3) is 0.720. The van der Waals surface area contributed by atoms with Gasteiger partial charge in [-0.1, -0.05) is 83.8 Å². The number of hydrogen-bond donors (Lipinski definition) is 0. The van der Waals surface area contributed by atoms with Crippen molar-refractivity contribution in [3.05, 3.63) is 29.8 Å². The Morgan fingerprint density at radius 3 is 2.11 bits per heavy atom. The van der Waals surface area contributed by atoms with Gasteiger partial charge in [0.1, 0.15) is 5.75 Å². The Morgan fingerprint density at radius 2 is 1.54 bits per heavy atom. The van der Waals surface area contributed by atoms with Crippen molar-refractivity contribution in [1.29, 1.82) is 0 Å². The Labute approximate surface area is 173 Å². The summed E-state index contributed by atoms with van der Waals surface area (Å²) in [7, 11) is 0. The Kier molecular flexibility index (Phi) is 13.5. The van der Waals surface area contributed by atoms with Crippen LogP contribution in [0.1, 0.15) is 103 Å². The first kappa shape index (κ1) is 24.5. The molecule has 3 heteroatoms. The third kappa shape index (κ3) is 11.4. The standard InChI is InChI=1S/C25H42O3/c1-5-7-8-9-10-11-12-13-14-15-19-24(25(26)27-22(4)6-2)28-23-18-16-17-21(3)20-23/h16-18,20,22,24H,5-15,19H2,1-4H3. The molecule has 0 aliphatic heterocycles. The number of benzene rings is 1. The fourth-order valence-electron chi connectivity index (χ4n) is 3.25. The molecule has 0 saturated carbocycles. The normalized spacial score (nSPS) is 13.1. The molecule has 160 valence electrons. The molecule has 1 rings (SSSR count). The van der Waals surface area contributed by atoms with Gasteiger partial charge in [-0.2, -0.15) is 0 Å². The average molecular weight is 391 g/mol.